The van der Waals surface area contributed by atoms with Crippen molar-refractivity contribution in [3.05, 3.63) is 76.3 Å². The van der Waals surface area contributed by atoms with Crippen molar-refractivity contribution in [3.8, 4) is 5.75 Å². The van der Waals surface area contributed by atoms with Gasteiger partial charge in [-0.15, -0.1) is 0 Å². The molecule has 0 bridgehead atoms. The highest BCUT2D eigenvalue weighted by atomic mass is 35.5. The first-order valence-electron chi connectivity index (χ1n) is 9.57. The summed E-state index contributed by atoms with van der Waals surface area (Å²) in [4.78, 5) is 11.0. The highest BCUT2D eigenvalue weighted by molar-refractivity contribution is 6.32. The Morgan fingerprint density at radius 3 is 2.53 bits per heavy atom. The van der Waals surface area contributed by atoms with Gasteiger partial charge in [-0.1, -0.05) is 35.9 Å². The second kappa shape index (κ2) is 9.14. The average molecular weight is 437 g/mol. The highest BCUT2D eigenvalue weighted by Gasteiger charge is 2.39. The number of carboxylic acids is 1. The van der Waals surface area contributed by atoms with Crippen molar-refractivity contribution in [3.63, 3.8) is 0 Å². The first-order valence-corrected chi connectivity index (χ1v) is 9.95. The molecular formula is C23H23ClF2O4. The molecule has 1 aliphatic heterocycles. The van der Waals surface area contributed by atoms with Gasteiger partial charge in [-0.05, 0) is 50.1 Å². The van der Waals surface area contributed by atoms with Gasteiger partial charge in [0.2, 0.25) is 0 Å². The van der Waals surface area contributed by atoms with Gasteiger partial charge in [-0.25, -0.2) is 13.6 Å². The molecule has 0 spiro atoms. The summed E-state index contributed by atoms with van der Waals surface area (Å²) in [5.41, 5.74) is 2.11. The third kappa shape index (κ3) is 4.82. The van der Waals surface area contributed by atoms with E-state index < -0.39 is 24.5 Å². The molecule has 7 heteroatoms. The van der Waals surface area contributed by atoms with E-state index in [-0.39, 0.29) is 34.5 Å². The van der Waals surface area contributed by atoms with Crippen LogP contribution in [0.1, 0.15) is 43.4 Å². The molecule has 0 radical (unpaired) electrons. The maximum Gasteiger partial charge on any atom is 0.341 e. The lowest BCUT2D eigenvalue weighted by atomic mass is 9.76. The molecule has 30 heavy (non-hydrogen) atoms. The van der Waals surface area contributed by atoms with Crippen LogP contribution in [0.5, 0.6) is 5.75 Å². The van der Waals surface area contributed by atoms with Crippen molar-refractivity contribution in [2.24, 2.45) is 5.92 Å². The number of benzene rings is 2. The molecule has 0 saturated carbocycles. The summed E-state index contributed by atoms with van der Waals surface area (Å²) in [6, 6.07) is 8.62. The molecule has 1 N–H and O–H groups in total. The van der Waals surface area contributed by atoms with Gasteiger partial charge in [0.25, 0.3) is 0 Å². The fourth-order valence-corrected chi connectivity index (χ4v) is 4.22. The van der Waals surface area contributed by atoms with E-state index in [9.17, 15) is 13.6 Å². The number of hydrogen-bond donors (Lipinski definition) is 1. The number of carbonyl (C=O) groups is 1. The Balaban J connectivity index is 1.98. The van der Waals surface area contributed by atoms with Crippen molar-refractivity contribution in [2.45, 2.75) is 38.4 Å². The number of rotatable bonds is 6. The molecule has 0 amide bonds. The summed E-state index contributed by atoms with van der Waals surface area (Å²) in [5, 5.41) is 8.95. The Morgan fingerprint density at radius 2 is 1.93 bits per heavy atom. The molecule has 2 aromatic rings. The van der Waals surface area contributed by atoms with Crippen LogP contribution in [-0.4, -0.2) is 23.8 Å². The van der Waals surface area contributed by atoms with Gasteiger partial charge < -0.3 is 14.6 Å². The number of halogens is 3. The molecule has 160 valence electrons. The Labute approximate surface area is 179 Å². The zero-order valence-corrected chi connectivity index (χ0v) is 17.5. The van der Waals surface area contributed by atoms with E-state index in [1.807, 2.05) is 13.8 Å². The van der Waals surface area contributed by atoms with Crippen molar-refractivity contribution in [1.29, 1.82) is 0 Å². The summed E-state index contributed by atoms with van der Waals surface area (Å²) in [5.74, 6) is -2.20. The largest absolute Gasteiger partial charge is 0.480 e. The molecule has 1 fully saturated rings. The average Bonchev–Trinajstić information content (AvgIpc) is 2.67. The van der Waals surface area contributed by atoms with Crippen LogP contribution in [0.4, 0.5) is 8.78 Å². The molecule has 1 saturated heterocycles. The van der Waals surface area contributed by atoms with Crippen LogP contribution in [0.15, 0.2) is 48.6 Å². The van der Waals surface area contributed by atoms with Crippen molar-refractivity contribution >= 4 is 17.6 Å². The predicted molar refractivity (Wildman–Crippen MR) is 110 cm³/mol. The normalized spacial score (nSPS) is 23.8. The zero-order chi connectivity index (χ0) is 22.0. The summed E-state index contributed by atoms with van der Waals surface area (Å²) < 4.78 is 39.2. The Kier molecular flexibility index (Phi) is 6.78. The molecule has 1 heterocycles. The minimum atomic E-state index is -1.17. The number of aliphatic carboxylic acids is 1. The monoisotopic (exact) mass is 436 g/mol. The Hall–Kier alpha value is -2.44. The first kappa shape index (κ1) is 22.2. The predicted octanol–water partition coefficient (Wildman–Crippen LogP) is 5.91. The van der Waals surface area contributed by atoms with E-state index in [2.05, 4.69) is 6.58 Å². The van der Waals surface area contributed by atoms with E-state index in [0.29, 0.717) is 12.0 Å². The van der Waals surface area contributed by atoms with Crippen LogP contribution in [0.3, 0.4) is 0 Å². The van der Waals surface area contributed by atoms with E-state index >= 15 is 0 Å². The van der Waals surface area contributed by atoms with Crippen LogP contribution in [0.2, 0.25) is 5.02 Å². The first-order chi connectivity index (χ1) is 14.2. The maximum atomic E-state index is 14.2. The SMILES string of the molecule is C=C(C)[C@H]1C[C@H](c2ccc(F)cc2)[C@H](C)O[C@@H]1c1cc(F)cc(Cl)c1OCC(=O)O. The fourth-order valence-electron chi connectivity index (χ4n) is 3.95. The number of hydrogen-bond acceptors (Lipinski definition) is 3. The smallest absolute Gasteiger partial charge is 0.341 e. The van der Waals surface area contributed by atoms with Crippen LogP contribution in [0.25, 0.3) is 0 Å². The quantitative estimate of drug-likeness (QED) is 0.572. The Morgan fingerprint density at radius 1 is 1.27 bits per heavy atom. The molecule has 4 nitrogen and oxygen atoms in total. The van der Waals surface area contributed by atoms with E-state index in [4.69, 9.17) is 26.2 Å². The maximum absolute atomic E-state index is 14.2. The lowest BCUT2D eigenvalue weighted by molar-refractivity contribution is -0.139. The summed E-state index contributed by atoms with van der Waals surface area (Å²) in [7, 11) is 0. The minimum Gasteiger partial charge on any atom is -0.480 e. The van der Waals surface area contributed by atoms with E-state index in [1.165, 1.54) is 18.2 Å². The summed E-state index contributed by atoms with van der Waals surface area (Å²) in [6.07, 6.45) is -0.254. The topological polar surface area (TPSA) is 55.8 Å². The van der Waals surface area contributed by atoms with Crippen molar-refractivity contribution in [2.75, 3.05) is 6.61 Å². The van der Waals surface area contributed by atoms with Gasteiger partial charge in [0.15, 0.2) is 6.61 Å². The third-order valence-corrected chi connectivity index (χ3v) is 5.70. The van der Waals surface area contributed by atoms with E-state index in [0.717, 1.165) is 17.2 Å². The minimum absolute atomic E-state index is 0.0176. The van der Waals surface area contributed by atoms with Crippen molar-refractivity contribution in [1.82, 2.24) is 0 Å². The van der Waals surface area contributed by atoms with Gasteiger partial charge in [0.05, 0.1) is 17.2 Å². The fraction of sp³-hybridized carbons (Fsp3) is 0.348. The second-order valence-corrected chi connectivity index (χ2v) is 8.00. The number of ether oxygens (including phenoxy) is 2. The Bertz CT molecular complexity index is 945. The van der Waals surface area contributed by atoms with Gasteiger partial charge in [0, 0.05) is 17.4 Å². The molecule has 3 rings (SSSR count). The standard InChI is InChI=1S/C23H23ClF2O4/c1-12(2)17-10-18(14-4-6-15(25)7-5-14)13(3)30-22(17)19-8-16(26)9-20(24)23(19)29-11-21(27)28/h4-9,13,17-18,22H,1,10-11H2,2-3H3,(H,27,28)/t13-,17+,18-,22-/m0/s1. The summed E-state index contributed by atoms with van der Waals surface area (Å²) >= 11 is 6.17. The lowest BCUT2D eigenvalue weighted by Crippen LogP contribution is -2.34. The molecule has 0 unspecified atom stereocenters. The van der Waals surface area contributed by atoms with Gasteiger partial charge >= 0.3 is 5.97 Å². The van der Waals surface area contributed by atoms with Crippen LogP contribution in [-0.2, 0) is 9.53 Å². The molecule has 0 aliphatic carbocycles. The van der Waals surface area contributed by atoms with Gasteiger partial charge in [-0.2, -0.15) is 0 Å². The zero-order valence-electron chi connectivity index (χ0n) is 16.7. The van der Waals surface area contributed by atoms with Gasteiger partial charge in [0.1, 0.15) is 17.4 Å². The van der Waals surface area contributed by atoms with Crippen molar-refractivity contribution < 1.29 is 28.2 Å². The van der Waals surface area contributed by atoms with E-state index in [1.54, 1.807) is 12.1 Å². The second-order valence-electron chi connectivity index (χ2n) is 7.60. The van der Waals surface area contributed by atoms with Crippen LogP contribution >= 0.6 is 11.6 Å². The number of carboxylic acid groups (broad SMARTS) is 1. The van der Waals surface area contributed by atoms with Gasteiger partial charge in [-0.3, -0.25) is 0 Å². The molecule has 0 aromatic heterocycles. The third-order valence-electron chi connectivity index (χ3n) is 5.42. The summed E-state index contributed by atoms with van der Waals surface area (Å²) in [6.45, 7) is 7.21. The van der Waals surface area contributed by atoms with Crippen LogP contribution < -0.4 is 4.74 Å². The molecular weight excluding hydrogens is 414 g/mol. The molecule has 2 aromatic carbocycles. The lowest BCUT2D eigenvalue weighted by Gasteiger charge is -2.42. The highest BCUT2D eigenvalue weighted by Crippen LogP contribution is 2.49. The van der Waals surface area contributed by atoms with Crippen LogP contribution in [0, 0.1) is 17.6 Å². The molecule has 1 aliphatic rings. The molecule has 4 atom stereocenters.